The van der Waals surface area contributed by atoms with Crippen molar-refractivity contribution in [2.45, 2.75) is 38.3 Å². The molecule has 3 aromatic rings. The fraction of sp³-hybridized carbons (Fsp3) is 0.421. The van der Waals surface area contributed by atoms with Crippen molar-refractivity contribution in [3.8, 4) is 0 Å². The first-order valence-electron chi connectivity index (χ1n) is 9.42. The number of amides is 1. The number of rotatable bonds is 3. The fourth-order valence-corrected chi connectivity index (χ4v) is 4.92. The van der Waals surface area contributed by atoms with Crippen molar-refractivity contribution in [1.29, 1.82) is 0 Å². The van der Waals surface area contributed by atoms with Gasteiger partial charge in [-0.05, 0) is 25.8 Å². The Morgan fingerprint density at radius 1 is 1.28 bits per heavy atom. The number of likely N-dealkylation sites (tertiary alicyclic amines) is 1. The molecule has 5 rings (SSSR count). The normalized spacial score (nSPS) is 20.5. The highest BCUT2D eigenvalue weighted by Gasteiger charge is 2.48. The Morgan fingerprint density at radius 3 is 2.83 bits per heavy atom. The summed E-state index contributed by atoms with van der Waals surface area (Å²) in [6, 6.07) is 1.65. The zero-order chi connectivity index (χ0) is 20.2. The zero-order valence-corrected chi connectivity index (χ0v) is 16.6. The molecule has 5 heterocycles. The molecule has 0 radical (unpaired) electrons. The third kappa shape index (κ3) is 2.86. The Morgan fingerprint density at radius 2 is 2.10 bits per heavy atom. The standard InChI is InChI=1S/C19H19N5O4S/c1-12-20-14(10-29-12)8-24-17(27)16(26)23-6-4-19(18(23)21-24)3-5-22(11-19)15(25)13-2-7-28-9-13/h2,7,9-10H,3-6,8,11H2,1H3/t19-/m1/s1. The maximum Gasteiger partial charge on any atom is 0.332 e. The van der Waals surface area contributed by atoms with Crippen molar-refractivity contribution >= 4 is 17.2 Å². The molecule has 150 valence electrons. The van der Waals surface area contributed by atoms with Gasteiger partial charge in [0, 0.05) is 25.0 Å². The predicted octanol–water partition coefficient (Wildman–Crippen LogP) is 0.999. The van der Waals surface area contributed by atoms with Crippen LogP contribution >= 0.6 is 11.3 Å². The molecule has 0 aromatic carbocycles. The Bertz CT molecular complexity index is 1210. The van der Waals surface area contributed by atoms with Crippen molar-refractivity contribution < 1.29 is 9.21 Å². The van der Waals surface area contributed by atoms with Gasteiger partial charge in [-0.25, -0.2) is 9.67 Å². The molecule has 0 unspecified atom stereocenters. The summed E-state index contributed by atoms with van der Waals surface area (Å²) in [5.41, 5.74) is -0.387. The number of furan rings is 1. The SMILES string of the molecule is Cc1nc(Cn2nc3n(c(=O)c2=O)CC[C@@]32CCN(C(=O)c3ccoc3)C2)cs1. The van der Waals surface area contributed by atoms with Crippen LogP contribution in [0, 0.1) is 6.92 Å². The van der Waals surface area contributed by atoms with Gasteiger partial charge in [0.05, 0.1) is 34.5 Å². The molecule has 0 bridgehead atoms. The van der Waals surface area contributed by atoms with Crippen LogP contribution in [0.15, 0.2) is 38.0 Å². The molecule has 0 N–H and O–H groups in total. The van der Waals surface area contributed by atoms with Gasteiger partial charge >= 0.3 is 11.1 Å². The summed E-state index contributed by atoms with van der Waals surface area (Å²) in [6.45, 7) is 3.55. The van der Waals surface area contributed by atoms with Gasteiger partial charge in [0.15, 0.2) is 0 Å². The van der Waals surface area contributed by atoms with Crippen LogP contribution in [-0.2, 0) is 18.5 Å². The lowest BCUT2D eigenvalue weighted by Gasteiger charge is -2.23. The summed E-state index contributed by atoms with van der Waals surface area (Å²) < 4.78 is 7.72. The summed E-state index contributed by atoms with van der Waals surface area (Å²) in [6.07, 6.45) is 4.30. The lowest BCUT2D eigenvalue weighted by molar-refractivity contribution is 0.0782. The van der Waals surface area contributed by atoms with E-state index in [1.54, 1.807) is 11.0 Å². The quantitative estimate of drug-likeness (QED) is 0.594. The summed E-state index contributed by atoms with van der Waals surface area (Å²) in [7, 11) is 0. The molecule has 0 saturated carbocycles. The maximum absolute atomic E-state index is 12.7. The first-order chi connectivity index (χ1) is 14.0. The third-order valence-corrected chi connectivity index (χ3v) is 6.63. The molecule has 2 aliphatic rings. The minimum atomic E-state index is -0.638. The van der Waals surface area contributed by atoms with E-state index in [1.807, 2.05) is 12.3 Å². The molecule has 29 heavy (non-hydrogen) atoms. The van der Waals surface area contributed by atoms with Crippen LogP contribution in [-0.4, -0.2) is 43.2 Å². The van der Waals surface area contributed by atoms with Gasteiger partial charge in [-0.2, -0.15) is 5.10 Å². The van der Waals surface area contributed by atoms with E-state index in [1.165, 1.54) is 33.1 Å². The molecule has 3 aromatic heterocycles. The topological polar surface area (TPSA) is 103 Å². The maximum atomic E-state index is 12.7. The van der Waals surface area contributed by atoms with Crippen LogP contribution in [0.1, 0.15) is 39.7 Å². The number of thiazole rings is 1. The molecule has 1 spiro atoms. The van der Waals surface area contributed by atoms with E-state index < -0.39 is 16.5 Å². The van der Waals surface area contributed by atoms with Gasteiger partial charge in [-0.15, -0.1) is 11.3 Å². The molecule has 2 aliphatic heterocycles. The van der Waals surface area contributed by atoms with Crippen molar-refractivity contribution in [3.63, 3.8) is 0 Å². The van der Waals surface area contributed by atoms with E-state index in [4.69, 9.17) is 4.42 Å². The second-order valence-electron chi connectivity index (χ2n) is 7.62. The number of hydrogen-bond donors (Lipinski definition) is 0. The van der Waals surface area contributed by atoms with E-state index in [2.05, 4.69) is 10.1 Å². The van der Waals surface area contributed by atoms with E-state index in [0.29, 0.717) is 49.6 Å². The van der Waals surface area contributed by atoms with Crippen LogP contribution in [0.4, 0.5) is 0 Å². The van der Waals surface area contributed by atoms with Crippen LogP contribution in [0.3, 0.4) is 0 Å². The Labute approximate surface area is 169 Å². The molecule has 10 heteroatoms. The number of hydrogen-bond acceptors (Lipinski definition) is 7. The van der Waals surface area contributed by atoms with E-state index in [-0.39, 0.29) is 12.5 Å². The summed E-state index contributed by atoms with van der Waals surface area (Å²) in [5.74, 6) is 0.499. The number of aromatic nitrogens is 4. The first kappa shape index (κ1) is 18.0. The van der Waals surface area contributed by atoms with E-state index >= 15 is 0 Å². The largest absolute Gasteiger partial charge is 0.472 e. The minimum absolute atomic E-state index is 0.0947. The first-order valence-corrected chi connectivity index (χ1v) is 10.3. The number of carbonyl (C=O) groups is 1. The predicted molar refractivity (Wildman–Crippen MR) is 104 cm³/mol. The fourth-order valence-electron chi connectivity index (χ4n) is 4.32. The van der Waals surface area contributed by atoms with E-state index in [9.17, 15) is 14.4 Å². The van der Waals surface area contributed by atoms with Gasteiger partial charge in [-0.1, -0.05) is 0 Å². The smallest absolute Gasteiger partial charge is 0.332 e. The van der Waals surface area contributed by atoms with Gasteiger partial charge < -0.3 is 9.32 Å². The monoisotopic (exact) mass is 413 g/mol. The highest BCUT2D eigenvalue weighted by molar-refractivity contribution is 7.09. The van der Waals surface area contributed by atoms with Crippen molar-refractivity contribution in [2.24, 2.45) is 0 Å². The molecule has 1 fully saturated rings. The summed E-state index contributed by atoms with van der Waals surface area (Å²) in [5, 5.41) is 7.35. The van der Waals surface area contributed by atoms with Gasteiger partial charge in [0.25, 0.3) is 5.91 Å². The molecule has 1 amide bonds. The van der Waals surface area contributed by atoms with Crippen molar-refractivity contribution in [1.82, 2.24) is 24.2 Å². The van der Waals surface area contributed by atoms with Crippen LogP contribution in [0.5, 0.6) is 0 Å². The van der Waals surface area contributed by atoms with Crippen molar-refractivity contribution in [2.75, 3.05) is 13.1 Å². The zero-order valence-electron chi connectivity index (χ0n) is 15.8. The third-order valence-electron chi connectivity index (χ3n) is 5.81. The van der Waals surface area contributed by atoms with Crippen molar-refractivity contribution in [3.05, 3.63) is 66.8 Å². The molecular weight excluding hydrogens is 394 g/mol. The molecule has 9 nitrogen and oxygen atoms in total. The minimum Gasteiger partial charge on any atom is -0.472 e. The van der Waals surface area contributed by atoms with Crippen LogP contribution in [0.25, 0.3) is 0 Å². The summed E-state index contributed by atoms with van der Waals surface area (Å²) >= 11 is 1.49. The Hall–Kier alpha value is -3.01. The molecular formula is C19H19N5O4S. The van der Waals surface area contributed by atoms with Gasteiger partial charge in [0.2, 0.25) is 0 Å². The number of fused-ring (bicyclic) bond motifs is 2. The highest BCUT2D eigenvalue weighted by atomic mass is 32.1. The number of nitrogens with zero attached hydrogens (tertiary/aromatic N) is 5. The van der Waals surface area contributed by atoms with E-state index in [0.717, 1.165) is 5.01 Å². The molecule has 1 saturated heterocycles. The second-order valence-corrected chi connectivity index (χ2v) is 8.68. The average molecular weight is 413 g/mol. The second kappa shape index (κ2) is 6.51. The van der Waals surface area contributed by atoms with Crippen LogP contribution < -0.4 is 11.1 Å². The lowest BCUT2D eigenvalue weighted by atomic mass is 9.85. The highest BCUT2D eigenvalue weighted by Crippen LogP contribution is 2.40. The number of carbonyl (C=O) groups excluding carboxylic acids is 1. The summed E-state index contributed by atoms with van der Waals surface area (Å²) in [4.78, 5) is 44.1. The molecule has 0 aliphatic carbocycles. The Balaban J connectivity index is 1.50. The van der Waals surface area contributed by atoms with Gasteiger partial charge in [-0.3, -0.25) is 19.0 Å². The van der Waals surface area contributed by atoms with Crippen LogP contribution in [0.2, 0.25) is 0 Å². The molecule has 1 atom stereocenters. The van der Waals surface area contributed by atoms with Gasteiger partial charge in [0.1, 0.15) is 12.1 Å². The lowest BCUT2D eigenvalue weighted by Crippen LogP contribution is -2.45. The number of aryl methyl sites for hydroxylation is 1. The average Bonchev–Trinajstić information content (AvgIpc) is 3.49. The Kier molecular flexibility index (Phi) is 4.05.